The van der Waals surface area contributed by atoms with Crippen LogP contribution in [0.15, 0.2) is 24.3 Å². The zero-order valence-electron chi connectivity index (χ0n) is 13.7. The summed E-state index contributed by atoms with van der Waals surface area (Å²) in [6.07, 6.45) is 0.524. The van der Waals surface area contributed by atoms with Gasteiger partial charge in [0.25, 0.3) is 0 Å². The van der Waals surface area contributed by atoms with Crippen molar-refractivity contribution in [1.29, 1.82) is 0 Å². The molecule has 0 unspecified atom stereocenters. The van der Waals surface area contributed by atoms with Crippen LogP contribution in [-0.2, 0) is 6.54 Å². The van der Waals surface area contributed by atoms with Crippen molar-refractivity contribution in [1.82, 2.24) is 10.2 Å². The number of hydrogen-bond donors (Lipinski definition) is 3. The third-order valence-electron chi connectivity index (χ3n) is 4.02. The lowest BCUT2D eigenvalue weighted by molar-refractivity contribution is 0.129. The van der Waals surface area contributed by atoms with Gasteiger partial charge in [-0.25, -0.2) is 4.79 Å². The van der Waals surface area contributed by atoms with Gasteiger partial charge in [0.15, 0.2) is 0 Å². The molecule has 0 saturated carbocycles. The second kappa shape index (κ2) is 7.49. The first-order valence-corrected chi connectivity index (χ1v) is 8.02. The average Bonchev–Trinajstić information content (AvgIpc) is 2.94. The molecule has 0 aromatic heterocycles. The summed E-state index contributed by atoms with van der Waals surface area (Å²) in [6, 6.07) is 8.42. The van der Waals surface area contributed by atoms with E-state index in [-0.39, 0.29) is 18.1 Å². The Labute approximate surface area is 132 Å². The van der Waals surface area contributed by atoms with E-state index in [1.165, 1.54) is 0 Å². The van der Waals surface area contributed by atoms with Gasteiger partial charge in [0, 0.05) is 37.3 Å². The number of carbonyl (C=O) groups excluding carboxylic acids is 1. The lowest BCUT2D eigenvalue weighted by Gasteiger charge is -2.18. The monoisotopic (exact) mass is 305 g/mol. The first-order valence-electron chi connectivity index (χ1n) is 8.02. The number of nitrogens with zero attached hydrogens (tertiary/aromatic N) is 1. The molecule has 22 heavy (non-hydrogen) atoms. The molecule has 1 fully saturated rings. The predicted molar refractivity (Wildman–Crippen MR) is 88.8 cm³/mol. The molecule has 1 saturated heterocycles. The Morgan fingerprint density at radius 3 is 2.82 bits per heavy atom. The van der Waals surface area contributed by atoms with Crippen molar-refractivity contribution in [2.45, 2.75) is 45.9 Å². The van der Waals surface area contributed by atoms with Crippen molar-refractivity contribution in [2.75, 3.05) is 18.4 Å². The number of benzene rings is 1. The van der Waals surface area contributed by atoms with Crippen molar-refractivity contribution in [3.63, 3.8) is 0 Å². The van der Waals surface area contributed by atoms with E-state index in [4.69, 9.17) is 0 Å². The predicted octanol–water partition coefficient (Wildman–Crippen LogP) is 2.42. The van der Waals surface area contributed by atoms with Gasteiger partial charge in [0.1, 0.15) is 0 Å². The average molecular weight is 305 g/mol. The van der Waals surface area contributed by atoms with E-state index < -0.39 is 0 Å². The number of hydrogen-bond acceptors (Lipinski definition) is 3. The molecule has 1 aromatic rings. The Bertz CT molecular complexity index is 502. The van der Waals surface area contributed by atoms with E-state index in [9.17, 15) is 9.90 Å². The number of nitrogens with one attached hydrogen (secondary N) is 2. The number of aliphatic hydroxyl groups excluding tert-OH is 1. The highest BCUT2D eigenvalue weighted by atomic mass is 16.3. The van der Waals surface area contributed by atoms with Crippen molar-refractivity contribution >= 4 is 11.7 Å². The van der Waals surface area contributed by atoms with Gasteiger partial charge in [-0.15, -0.1) is 0 Å². The molecule has 5 nitrogen and oxygen atoms in total. The van der Waals surface area contributed by atoms with Crippen LogP contribution in [0.2, 0.25) is 0 Å². The molecular formula is C17H27N3O2. The van der Waals surface area contributed by atoms with E-state index in [1.54, 1.807) is 11.8 Å². The Hall–Kier alpha value is -1.75. The van der Waals surface area contributed by atoms with Crippen molar-refractivity contribution in [3.05, 3.63) is 29.8 Å². The van der Waals surface area contributed by atoms with Gasteiger partial charge in [-0.05, 0) is 44.9 Å². The largest absolute Gasteiger partial charge is 0.393 e. The number of aliphatic hydroxyl groups is 1. The Morgan fingerprint density at radius 2 is 2.18 bits per heavy atom. The lowest BCUT2D eigenvalue weighted by Crippen LogP contribution is -2.38. The maximum absolute atomic E-state index is 12.2. The summed E-state index contributed by atoms with van der Waals surface area (Å²) < 4.78 is 0. The number of rotatable bonds is 5. The van der Waals surface area contributed by atoms with Crippen LogP contribution in [-0.4, -0.2) is 41.3 Å². The smallest absolute Gasteiger partial charge is 0.317 e. The Morgan fingerprint density at radius 1 is 1.41 bits per heavy atom. The van der Waals surface area contributed by atoms with E-state index in [1.807, 2.05) is 18.2 Å². The minimum atomic E-state index is -0.350. The molecular weight excluding hydrogens is 278 g/mol. The van der Waals surface area contributed by atoms with Crippen LogP contribution in [0.3, 0.4) is 0 Å². The number of likely N-dealkylation sites (tertiary alicyclic amines) is 1. The Balaban J connectivity index is 1.84. The normalized spacial score (nSPS) is 19.3. The molecule has 1 aliphatic heterocycles. The molecule has 2 atom stereocenters. The molecule has 0 spiro atoms. The Kier molecular flexibility index (Phi) is 5.66. The van der Waals surface area contributed by atoms with E-state index in [2.05, 4.69) is 30.5 Å². The van der Waals surface area contributed by atoms with Gasteiger partial charge in [-0.2, -0.15) is 0 Å². The molecule has 3 N–H and O–H groups in total. The van der Waals surface area contributed by atoms with Crippen LogP contribution in [0, 0.1) is 5.92 Å². The minimum absolute atomic E-state index is 0.0506. The zero-order chi connectivity index (χ0) is 16.1. The van der Waals surface area contributed by atoms with Crippen LogP contribution in [0.25, 0.3) is 0 Å². The summed E-state index contributed by atoms with van der Waals surface area (Å²) in [5.74, 6) is 0.198. The molecule has 5 heteroatoms. The van der Waals surface area contributed by atoms with Crippen LogP contribution in [0.1, 0.15) is 32.8 Å². The highest BCUT2D eigenvalue weighted by Gasteiger charge is 2.28. The zero-order valence-corrected chi connectivity index (χ0v) is 13.7. The van der Waals surface area contributed by atoms with Gasteiger partial charge in [0.05, 0.1) is 6.10 Å². The molecule has 0 radical (unpaired) electrons. The number of anilines is 1. The minimum Gasteiger partial charge on any atom is -0.393 e. The van der Waals surface area contributed by atoms with Gasteiger partial charge in [0.2, 0.25) is 0 Å². The highest BCUT2D eigenvalue weighted by Crippen LogP contribution is 2.19. The van der Waals surface area contributed by atoms with Crippen molar-refractivity contribution < 1.29 is 9.90 Å². The molecule has 122 valence electrons. The molecule has 0 aliphatic carbocycles. The van der Waals surface area contributed by atoms with Gasteiger partial charge >= 0.3 is 6.03 Å². The maximum Gasteiger partial charge on any atom is 0.317 e. The second-order valence-electron chi connectivity index (χ2n) is 6.39. The quantitative estimate of drug-likeness (QED) is 0.783. The highest BCUT2D eigenvalue weighted by molar-refractivity contribution is 5.74. The molecule has 1 aromatic carbocycles. The standard InChI is InChI=1S/C17H27N3O2/c1-12(2)19-16-6-4-5-14(9-16)10-18-17(22)20-8-7-15(11-20)13(3)21/h4-6,9,12-13,15,19,21H,7-8,10-11H2,1-3H3,(H,18,22)/t13-,15+/m0/s1. The van der Waals surface area contributed by atoms with Gasteiger partial charge in [-0.3, -0.25) is 0 Å². The van der Waals surface area contributed by atoms with Gasteiger partial charge < -0.3 is 20.6 Å². The van der Waals surface area contributed by atoms with Crippen LogP contribution < -0.4 is 10.6 Å². The third kappa shape index (κ3) is 4.63. The SMILES string of the molecule is CC(C)Nc1cccc(CNC(=O)N2CC[C@@H]([C@H](C)O)C2)c1. The first-order chi connectivity index (χ1) is 10.5. The van der Waals surface area contributed by atoms with Crippen LogP contribution in [0.5, 0.6) is 0 Å². The first kappa shape index (κ1) is 16.6. The molecule has 0 bridgehead atoms. The summed E-state index contributed by atoms with van der Waals surface area (Å²) in [5.41, 5.74) is 2.14. The van der Waals surface area contributed by atoms with E-state index >= 15 is 0 Å². The summed E-state index contributed by atoms with van der Waals surface area (Å²) in [4.78, 5) is 14.0. The van der Waals surface area contributed by atoms with Crippen LogP contribution >= 0.6 is 0 Å². The summed E-state index contributed by atoms with van der Waals surface area (Å²) in [6.45, 7) is 7.86. The fourth-order valence-corrected chi connectivity index (χ4v) is 2.76. The van der Waals surface area contributed by atoms with Crippen molar-refractivity contribution in [2.24, 2.45) is 5.92 Å². The molecule has 2 rings (SSSR count). The molecule has 2 amide bonds. The fraction of sp³-hybridized carbons (Fsp3) is 0.588. The van der Waals surface area contributed by atoms with E-state index in [0.717, 1.165) is 24.2 Å². The van der Waals surface area contributed by atoms with Crippen LogP contribution in [0.4, 0.5) is 10.5 Å². The summed E-state index contributed by atoms with van der Waals surface area (Å²) in [5, 5.41) is 15.9. The summed E-state index contributed by atoms with van der Waals surface area (Å²) >= 11 is 0. The topological polar surface area (TPSA) is 64.6 Å². The number of urea groups is 1. The number of carbonyl (C=O) groups is 1. The third-order valence-corrected chi connectivity index (χ3v) is 4.02. The molecule has 1 aliphatic rings. The lowest BCUT2D eigenvalue weighted by atomic mass is 10.0. The second-order valence-corrected chi connectivity index (χ2v) is 6.39. The number of amides is 2. The van der Waals surface area contributed by atoms with Gasteiger partial charge in [-0.1, -0.05) is 12.1 Å². The fourth-order valence-electron chi connectivity index (χ4n) is 2.76. The van der Waals surface area contributed by atoms with Crippen molar-refractivity contribution in [3.8, 4) is 0 Å². The van der Waals surface area contributed by atoms with E-state index in [0.29, 0.717) is 19.1 Å². The maximum atomic E-state index is 12.2. The molecule has 1 heterocycles. The summed E-state index contributed by atoms with van der Waals surface area (Å²) in [7, 11) is 0.